The van der Waals surface area contributed by atoms with Gasteiger partial charge in [0.1, 0.15) is 0 Å². The molecule has 0 bridgehead atoms. The average Bonchev–Trinajstić information content (AvgIpc) is 2.09. The number of piperidine rings is 1. The fraction of sp³-hybridized carbons (Fsp3) is 0.818. The molecule has 15 heavy (non-hydrogen) atoms. The first kappa shape index (κ1) is 12.0. The van der Waals surface area contributed by atoms with Crippen LogP contribution in [-0.2, 0) is 9.59 Å². The van der Waals surface area contributed by atoms with Crippen LogP contribution in [0.2, 0.25) is 0 Å². The number of nitrogens with zero attached hydrogens (tertiary/aromatic N) is 1. The van der Waals surface area contributed by atoms with Gasteiger partial charge in [-0.15, -0.1) is 0 Å². The van der Waals surface area contributed by atoms with Crippen molar-refractivity contribution >= 4 is 11.9 Å². The average molecular weight is 213 g/mol. The van der Waals surface area contributed by atoms with Crippen LogP contribution in [0.4, 0.5) is 0 Å². The third-order valence-electron chi connectivity index (χ3n) is 2.93. The monoisotopic (exact) mass is 213 g/mol. The largest absolute Gasteiger partial charge is 0.481 e. The summed E-state index contributed by atoms with van der Waals surface area (Å²) in [5.74, 6) is -0.335. The van der Waals surface area contributed by atoms with Gasteiger partial charge in [-0.05, 0) is 26.2 Å². The van der Waals surface area contributed by atoms with Gasteiger partial charge in [0.05, 0.1) is 5.41 Å². The molecule has 1 aliphatic rings. The number of hydrogen-bond acceptors (Lipinski definition) is 2. The number of carbonyl (C=O) groups excluding carboxylic acids is 1. The van der Waals surface area contributed by atoms with Gasteiger partial charge in [0.15, 0.2) is 0 Å². The third kappa shape index (κ3) is 2.94. The standard InChI is InChI=1S/C11H19NO3/c1-8-4-5-12(9(13)6-8)7-11(2,3)10(14)15/h8H,4-7H2,1-3H3,(H,14,15). The second-order valence-corrected chi connectivity index (χ2v) is 5.10. The van der Waals surface area contributed by atoms with E-state index >= 15 is 0 Å². The molecule has 1 heterocycles. The Hall–Kier alpha value is -1.06. The van der Waals surface area contributed by atoms with Crippen molar-refractivity contribution in [3.8, 4) is 0 Å². The van der Waals surface area contributed by atoms with Crippen LogP contribution in [0.25, 0.3) is 0 Å². The topological polar surface area (TPSA) is 57.6 Å². The van der Waals surface area contributed by atoms with E-state index in [2.05, 4.69) is 6.92 Å². The van der Waals surface area contributed by atoms with Gasteiger partial charge in [-0.2, -0.15) is 0 Å². The van der Waals surface area contributed by atoms with Crippen molar-refractivity contribution in [2.45, 2.75) is 33.6 Å². The molecule has 1 aliphatic heterocycles. The van der Waals surface area contributed by atoms with E-state index in [0.717, 1.165) is 6.42 Å². The van der Waals surface area contributed by atoms with E-state index in [9.17, 15) is 9.59 Å². The van der Waals surface area contributed by atoms with Crippen molar-refractivity contribution in [2.24, 2.45) is 11.3 Å². The quantitative estimate of drug-likeness (QED) is 0.770. The van der Waals surface area contributed by atoms with Crippen LogP contribution in [0.3, 0.4) is 0 Å². The molecule has 1 rings (SSSR count). The first-order chi connectivity index (χ1) is 6.83. The molecule has 1 fully saturated rings. The van der Waals surface area contributed by atoms with Crippen LogP contribution >= 0.6 is 0 Å². The van der Waals surface area contributed by atoms with Crippen LogP contribution < -0.4 is 0 Å². The summed E-state index contributed by atoms with van der Waals surface area (Å²) in [5.41, 5.74) is -0.851. The zero-order chi connectivity index (χ0) is 11.6. The second kappa shape index (κ2) is 4.21. The second-order valence-electron chi connectivity index (χ2n) is 5.10. The first-order valence-electron chi connectivity index (χ1n) is 5.34. The lowest BCUT2D eigenvalue weighted by atomic mass is 9.90. The van der Waals surface area contributed by atoms with Gasteiger partial charge in [0.25, 0.3) is 0 Å². The van der Waals surface area contributed by atoms with E-state index in [4.69, 9.17) is 5.11 Å². The van der Waals surface area contributed by atoms with E-state index in [1.165, 1.54) is 0 Å². The Morgan fingerprint density at radius 2 is 2.20 bits per heavy atom. The summed E-state index contributed by atoms with van der Waals surface area (Å²) in [5, 5.41) is 8.97. The Labute approximate surface area is 90.3 Å². The predicted molar refractivity (Wildman–Crippen MR) is 56.4 cm³/mol. The molecule has 0 aromatic heterocycles. The molecule has 4 nitrogen and oxygen atoms in total. The van der Waals surface area contributed by atoms with Gasteiger partial charge in [-0.25, -0.2) is 0 Å². The summed E-state index contributed by atoms with van der Waals surface area (Å²) >= 11 is 0. The van der Waals surface area contributed by atoms with E-state index in [1.54, 1.807) is 18.7 Å². The van der Waals surface area contributed by atoms with Gasteiger partial charge in [0.2, 0.25) is 5.91 Å². The fourth-order valence-electron chi connectivity index (χ4n) is 1.74. The lowest BCUT2D eigenvalue weighted by Gasteiger charge is -2.34. The summed E-state index contributed by atoms with van der Waals surface area (Å²) in [6.45, 7) is 6.36. The lowest BCUT2D eigenvalue weighted by Crippen LogP contribution is -2.45. The Kier molecular flexibility index (Phi) is 3.37. The summed E-state index contributed by atoms with van der Waals surface area (Å²) in [6.07, 6.45) is 1.52. The van der Waals surface area contributed by atoms with Gasteiger partial charge >= 0.3 is 5.97 Å². The van der Waals surface area contributed by atoms with Crippen LogP contribution in [-0.4, -0.2) is 35.0 Å². The normalized spacial score (nSPS) is 23.0. The molecular weight excluding hydrogens is 194 g/mol. The third-order valence-corrected chi connectivity index (χ3v) is 2.93. The number of likely N-dealkylation sites (tertiary alicyclic amines) is 1. The molecule has 1 unspecified atom stereocenters. The lowest BCUT2D eigenvalue weighted by molar-refractivity contribution is -0.150. The van der Waals surface area contributed by atoms with Crippen molar-refractivity contribution in [2.75, 3.05) is 13.1 Å². The first-order valence-corrected chi connectivity index (χ1v) is 5.34. The highest BCUT2D eigenvalue weighted by Crippen LogP contribution is 2.23. The molecule has 1 N–H and O–H groups in total. The molecule has 0 aliphatic carbocycles. The van der Waals surface area contributed by atoms with Crippen molar-refractivity contribution in [3.05, 3.63) is 0 Å². The summed E-state index contributed by atoms with van der Waals surface area (Å²) in [7, 11) is 0. The Balaban J connectivity index is 2.59. The van der Waals surface area contributed by atoms with Crippen LogP contribution in [0, 0.1) is 11.3 Å². The predicted octanol–water partition coefficient (Wildman–Crippen LogP) is 1.36. The van der Waals surface area contributed by atoms with Gasteiger partial charge in [-0.3, -0.25) is 9.59 Å². The van der Waals surface area contributed by atoms with E-state index in [-0.39, 0.29) is 5.91 Å². The highest BCUT2D eigenvalue weighted by Gasteiger charge is 2.33. The van der Waals surface area contributed by atoms with E-state index < -0.39 is 11.4 Å². The van der Waals surface area contributed by atoms with E-state index in [1.807, 2.05) is 0 Å². The van der Waals surface area contributed by atoms with Crippen LogP contribution in [0.15, 0.2) is 0 Å². The number of aliphatic carboxylic acids is 1. The molecule has 86 valence electrons. The molecule has 0 radical (unpaired) electrons. The Bertz CT molecular complexity index is 273. The maximum absolute atomic E-state index is 11.6. The maximum atomic E-state index is 11.6. The van der Waals surface area contributed by atoms with Crippen molar-refractivity contribution < 1.29 is 14.7 Å². The number of carboxylic acid groups (broad SMARTS) is 1. The number of carboxylic acids is 1. The van der Waals surface area contributed by atoms with E-state index in [0.29, 0.717) is 25.4 Å². The van der Waals surface area contributed by atoms with Gasteiger partial charge in [0, 0.05) is 19.5 Å². The van der Waals surface area contributed by atoms with Gasteiger partial charge in [-0.1, -0.05) is 6.92 Å². The molecule has 0 aromatic carbocycles. The number of amides is 1. The summed E-state index contributed by atoms with van der Waals surface area (Å²) < 4.78 is 0. The molecule has 1 saturated heterocycles. The SMILES string of the molecule is CC1CCN(CC(C)(C)C(=O)O)C(=O)C1. The molecule has 1 amide bonds. The number of rotatable bonds is 3. The molecule has 4 heteroatoms. The fourth-order valence-corrected chi connectivity index (χ4v) is 1.74. The molecule has 0 aromatic rings. The summed E-state index contributed by atoms with van der Waals surface area (Å²) in [6, 6.07) is 0. The van der Waals surface area contributed by atoms with Crippen LogP contribution in [0.1, 0.15) is 33.6 Å². The van der Waals surface area contributed by atoms with Crippen molar-refractivity contribution in [1.82, 2.24) is 4.90 Å². The highest BCUT2D eigenvalue weighted by atomic mass is 16.4. The Morgan fingerprint density at radius 1 is 1.60 bits per heavy atom. The molecule has 0 saturated carbocycles. The number of carbonyl (C=O) groups is 2. The molecular formula is C11H19NO3. The zero-order valence-electron chi connectivity index (χ0n) is 9.62. The summed E-state index contributed by atoms with van der Waals surface area (Å²) in [4.78, 5) is 24.2. The maximum Gasteiger partial charge on any atom is 0.310 e. The van der Waals surface area contributed by atoms with Crippen molar-refractivity contribution in [3.63, 3.8) is 0 Å². The minimum Gasteiger partial charge on any atom is -0.481 e. The smallest absolute Gasteiger partial charge is 0.310 e. The number of hydrogen-bond donors (Lipinski definition) is 1. The van der Waals surface area contributed by atoms with Crippen molar-refractivity contribution in [1.29, 1.82) is 0 Å². The minimum absolute atomic E-state index is 0.0862. The highest BCUT2D eigenvalue weighted by molar-refractivity contribution is 5.79. The zero-order valence-corrected chi connectivity index (χ0v) is 9.62. The molecule has 0 spiro atoms. The minimum atomic E-state index is -0.853. The Morgan fingerprint density at radius 3 is 2.67 bits per heavy atom. The molecule has 1 atom stereocenters. The van der Waals surface area contributed by atoms with Gasteiger partial charge < -0.3 is 10.0 Å². The van der Waals surface area contributed by atoms with Crippen LogP contribution in [0.5, 0.6) is 0 Å².